The van der Waals surface area contributed by atoms with Crippen molar-refractivity contribution in [2.75, 3.05) is 0 Å². The highest BCUT2D eigenvalue weighted by Crippen LogP contribution is 2.40. The fourth-order valence-corrected chi connectivity index (χ4v) is 8.18. The Bertz CT molecular complexity index is 3330. The van der Waals surface area contributed by atoms with Crippen molar-refractivity contribution in [1.29, 1.82) is 0 Å². The highest BCUT2D eigenvalue weighted by Gasteiger charge is 2.22. The summed E-state index contributed by atoms with van der Waals surface area (Å²) in [7, 11) is 0. The molecule has 4 heterocycles. The van der Waals surface area contributed by atoms with Crippen LogP contribution >= 0.6 is 0 Å². The minimum atomic E-state index is 0.531. The summed E-state index contributed by atoms with van der Waals surface area (Å²) in [6.07, 6.45) is 0. The van der Waals surface area contributed by atoms with Gasteiger partial charge in [-0.1, -0.05) is 152 Å². The maximum Gasteiger partial charge on any atom is 0.164 e. The van der Waals surface area contributed by atoms with Crippen molar-refractivity contribution >= 4 is 21.8 Å². The number of para-hydroxylation sites is 1. The Morgan fingerprint density at radius 1 is 0.302 bits per heavy atom. The van der Waals surface area contributed by atoms with Crippen LogP contribution in [-0.4, -0.2) is 44.4 Å². The van der Waals surface area contributed by atoms with E-state index in [1.54, 1.807) is 0 Å². The van der Waals surface area contributed by atoms with Crippen molar-refractivity contribution < 1.29 is 0 Å². The first-order valence-corrected chi connectivity index (χ1v) is 20.8. The predicted octanol–water partition coefficient (Wildman–Crippen LogP) is 12.2. The highest BCUT2D eigenvalue weighted by molar-refractivity contribution is 6.10. The second-order valence-electron chi connectivity index (χ2n) is 15.3. The molecule has 0 N–H and O–H groups in total. The Hall–Kier alpha value is -8.56. The molecule has 0 spiro atoms. The maximum absolute atomic E-state index is 5.38. The minimum Gasteiger partial charge on any atom is -0.308 e. The highest BCUT2D eigenvalue weighted by atomic mass is 15.0. The lowest BCUT2D eigenvalue weighted by Gasteiger charge is -2.17. The predicted molar refractivity (Wildman–Crippen MR) is 251 cm³/mol. The third-order valence-electron chi connectivity index (χ3n) is 11.1. The van der Waals surface area contributed by atoms with Gasteiger partial charge in [-0.15, -0.1) is 0 Å². The molecule has 0 atom stereocenters. The first kappa shape index (κ1) is 37.4. The van der Waals surface area contributed by atoms with Crippen LogP contribution in [0.25, 0.3) is 107 Å². The summed E-state index contributed by atoms with van der Waals surface area (Å²) in [5, 5.41) is 2.20. The molecule has 9 heteroatoms. The number of fused-ring (bicyclic) bond motifs is 3. The number of aromatic nitrogens is 9. The van der Waals surface area contributed by atoms with Crippen molar-refractivity contribution in [1.82, 2.24) is 44.4 Å². The summed E-state index contributed by atoms with van der Waals surface area (Å²) in [6.45, 7) is 3.79. The van der Waals surface area contributed by atoms with E-state index in [1.807, 2.05) is 111 Å². The summed E-state index contributed by atoms with van der Waals surface area (Å²) in [4.78, 5) is 39.9. The number of hydrogen-bond acceptors (Lipinski definition) is 8. The van der Waals surface area contributed by atoms with E-state index in [-0.39, 0.29) is 0 Å². The molecule has 7 aromatic carbocycles. The van der Waals surface area contributed by atoms with Gasteiger partial charge in [-0.25, -0.2) is 39.9 Å². The zero-order valence-corrected chi connectivity index (χ0v) is 34.4. The average molecular weight is 812 g/mol. The van der Waals surface area contributed by atoms with E-state index in [9.17, 15) is 0 Å². The summed E-state index contributed by atoms with van der Waals surface area (Å²) < 4.78 is 2.30. The van der Waals surface area contributed by atoms with Crippen molar-refractivity contribution in [3.05, 3.63) is 200 Å². The normalized spacial score (nSPS) is 11.3. The van der Waals surface area contributed by atoms with Crippen LogP contribution in [0.4, 0.5) is 0 Å². The first-order valence-electron chi connectivity index (χ1n) is 20.8. The molecule has 0 radical (unpaired) electrons. The standard InChI is InChI=1S/C54H37N9/c1-34-55-35(2)57-52(56-34)41-27-29-43-42-25-15-16-26-47(42)63(49(43)32-41)48-30-28-40(53-61-50(38-21-11-5-12-22-38)60-51(62-53)39-23-13-6-14-24-39)31-44(48)54-58-45(36-17-7-3-8-18-36)33-46(59-54)37-19-9-4-10-20-37/h3-33H,1-2H3. The quantitative estimate of drug-likeness (QED) is 0.149. The molecule has 0 aliphatic heterocycles. The minimum absolute atomic E-state index is 0.531. The molecule has 0 saturated carbocycles. The number of aryl methyl sites for hydroxylation is 2. The number of benzene rings is 7. The van der Waals surface area contributed by atoms with Crippen molar-refractivity contribution in [3.63, 3.8) is 0 Å². The smallest absolute Gasteiger partial charge is 0.164 e. The molecule has 4 aromatic heterocycles. The Labute approximate surface area is 363 Å². The van der Waals surface area contributed by atoms with Crippen molar-refractivity contribution in [3.8, 4) is 85.1 Å². The van der Waals surface area contributed by atoms with Gasteiger partial charge in [0.05, 0.1) is 28.1 Å². The van der Waals surface area contributed by atoms with Crippen molar-refractivity contribution in [2.45, 2.75) is 13.8 Å². The number of hydrogen-bond donors (Lipinski definition) is 0. The Morgan fingerprint density at radius 2 is 0.746 bits per heavy atom. The zero-order valence-electron chi connectivity index (χ0n) is 34.4. The topological polar surface area (TPSA) is 108 Å². The molecule has 9 nitrogen and oxygen atoms in total. The molecule has 0 saturated heterocycles. The summed E-state index contributed by atoms with van der Waals surface area (Å²) in [5.74, 6) is 4.21. The van der Waals surface area contributed by atoms with Crippen LogP contribution in [0.2, 0.25) is 0 Å². The number of rotatable bonds is 8. The average Bonchev–Trinajstić information content (AvgIpc) is 3.68. The lowest BCUT2D eigenvalue weighted by molar-refractivity contribution is 0.928. The van der Waals surface area contributed by atoms with E-state index in [0.717, 1.165) is 77.8 Å². The van der Waals surface area contributed by atoms with E-state index < -0.39 is 0 Å². The third-order valence-corrected chi connectivity index (χ3v) is 11.1. The van der Waals surface area contributed by atoms with E-state index in [1.165, 1.54) is 0 Å². The van der Waals surface area contributed by atoms with E-state index in [0.29, 0.717) is 40.8 Å². The van der Waals surface area contributed by atoms with Gasteiger partial charge in [-0.2, -0.15) is 0 Å². The van der Waals surface area contributed by atoms with E-state index in [2.05, 4.69) is 101 Å². The molecule has 0 amide bonds. The van der Waals surface area contributed by atoms with Gasteiger partial charge in [-0.05, 0) is 50.2 Å². The van der Waals surface area contributed by atoms with Gasteiger partial charge in [0.25, 0.3) is 0 Å². The Morgan fingerprint density at radius 3 is 1.32 bits per heavy atom. The second kappa shape index (κ2) is 15.8. The first-order chi connectivity index (χ1) is 31.0. The van der Waals surface area contributed by atoms with Gasteiger partial charge in [0.1, 0.15) is 11.6 Å². The second-order valence-corrected chi connectivity index (χ2v) is 15.3. The molecule has 0 aliphatic rings. The van der Waals surface area contributed by atoms with E-state index >= 15 is 0 Å². The van der Waals surface area contributed by atoms with Crippen LogP contribution in [-0.2, 0) is 0 Å². The van der Waals surface area contributed by atoms with Gasteiger partial charge in [0, 0.05) is 49.7 Å². The molecule has 11 aromatic rings. The molecule has 63 heavy (non-hydrogen) atoms. The Balaban J connectivity index is 1.21. The number of nitrogens with zero attached hydrogens (tertiary/aromatic N) is 9. The van der Waals surface area contributed by atoms with Gasteiger partial charge in [0.2, 0.25) is 0 Å². The summed E-state index contributed by atoms with van der Waals surface area (Å²) >= 11 is 0. The van der Waals surface area contributed by atoms with Crippen LogP contribution in [0.3, 0.4) is 0 Å². The summed E-state index contributed by atoms with van der Waals surface area (Å²) in [5.41, 5.74) is 10.7. The molecule has 298 valence electrons. The van der Waals surface area contributed by atoms with Crippen LogP contribution in [0.15, 0.2) is 188 Å². The van der Waals surface area contributed by atoms with Crippen LogP contribution in [0.5, 0.6) is 0 Å². The van der Waals surface area contributed by atoms with Crippen LogP contribution in [0.1, 0.15) is 11.6 Å². The monoisotopic (exact) mass is 811 g/mol. The van der Waals surface area contributed by atoms with Crippen LogP contribution < -0.4 is 0 Å². The zero-order chi connectivity index (χ0) is 42.3. The van der Waals surface area contributed by atoms with Crippen molar-refractivity contribution in [2.24, 2.45) is 0 Å². The third kappa shape index (κ3) is 7.17. The summed E-state index contributed by atoms with van der Waals surface area (Å²) in [6, 6.07) is 63.8. The molecule has 0 unspecified atom stereocenters. The molecule has 0 fully saturated rings. The van der Waals surface area contributed by atoms with Gasteiger partial charge < -0.3 is 4.57 Å². The maximum atomic E-state index is 5.38. The fraction of sp³-hybridized carbons (Fsp3) is 0.0370. The van der Waals surface area contributed by atoms with Gasteiger partial charge in [-0.3, -0.25) is 0 Å². The molecular formula is C54H37N9. The van der Waals surface area contributed by atoms with Gasteiger partial charge >= 0.3 is 0 Å². The molecular weight excluding hydrogens is 775 g/mol. The largest absolute Gasteiger partial charge is 0.308 e. The lowest BCUT2D eigenvalue weighted by Crippen LogP contribution is -2.04. The SMILES string of the molecule is Cc1nc(C)nc(-c2ccc3c4ccccc4n(-c4ccc(-c5nc(-c6ccccc6)nc(-c6ccccc6)n5)cc4-c4nc(-c5ccccc5)cc(-c5ccccc5)n4)c3c2)n1. The van der Waals surface area contributed by atoms with E-state index in [4.69, 9.17) is 34.9 Å². The Kier molecular flexibility index (Phi) is 9.39. The fourth-order valence-electron chi connectivity index (χ4n) is 8.18. The molecule has 0 aliphatic carbocycles. The lowest BCUT2D eigenvalue weighted by atomic mass is 10.0. The van der Waals surface area contributed by atoms with Gasteiger partial charge in [0.15, 0.2) is 29.1 Å². The van der Waals surface area contributed by atoms with Crippen LogP contribution in [0, 0.1) is 13.8 Å². The molecule has 0 bridgehead atoms. The molecule has 11 rings (SSSR count).